The number of aliphatic imine (C=N–C) groups is 1. The van der Waals surface area contributed by atoms with Crippen molar-refractivity contribution in [2.45, 2.75) is 57.9 Å². The van der Waals surface area contributed by atoms with Gasteiger partial charge in [0, 0.05) is 11.9 Å². The Bertz CT molecular complexity index is 519. The summed E-state index contributed by atoms with van der Waals surface area (Å²) in [5.41, 5.74) is 1.11. The molecule has 0 saturated carbocycles. The fourth-order valence-electron chi connectivity index (χ4n) is 3.06. The van der Waals surface area contributed by atoms with Crippen LogP contribution in [-0.4, -0.2) is 36.2 Å². The highest BCUT2D eigenvalue weighted by atomic mass is 127. The molecule has 0 aliphatic carbocycles. The van der Waals surface area contributed by atoms with Crippen LogP contribution >= 0.6 is 35.3 Å². The summed E-state index contributed by atoms with van der Waals surface area (Å²) in [6.07, 6.45) is 4.32. The van der Waals surface area contributed by atoms with Crippen LogP contribution in [-0.2, 0) is 11.3 Å². The molecule has 0 radical (unpaired) electrons. The fraction of sp³-hybridized carbons (Fsp3) is 0.714. The molecule has 1 aromatic rings. The average molecular weight is 422 g/mol. The van der Waals surface area contributed by atoms with Gasteiger partial charge in [0.15, 0.2) is 5.96 Å². The highest BCUT2D eigenvalue weighted by Gasteiger charge is 2.41. The SMILES string of the molecule is CN=C(NCc1sc(C)nc1C)NC1CC2CCC1O2.I. The fourth-order valence-corrected chi connectivity index (χ4v) is 3.94. The molecule has 3 heterocycles. The molecular formula is C14H23IN4OS. The first-order chi connectivity index (χ1) is 9.65. The average Bonchev–Trinajstić information content (AvgIpc) is 3.10. The Morgan fingerprint density at radius 3 is 2.76 bits per heavy atom. The molecule has 0 spiro atoms. The summed E-state index contributed by atoms with van der Waals surface area (Å²) in [7, 11) is 1.81. The lowest BCUT2D eigenvalue weighted by atomic mass is 9.96. The molecule has 2 saturated heterocycles. The molecule has 118 valence electrons. The second-order valence-electron chi connectivity index (χ2n) is 5.53. The first-order valence-corrected chi connectivity index (χ1v) is 8.03. The van der Waals surface area contributed by atoms with E-state index in [9.17, 15) is 0 Å². The zero-order chi connectivity index (χ0) is 14.1. The third kappa shape index (κ3) is 3.87. The van der Waals surface area contributed by atoms with Crippen molar-refractivity contribution in [1.82, 2.24) is 15.6 Å². The number of ether oxygens (including phenoxy) is 1. The second kappa shape index (κ2) is 7.23. The molecule has 7 heteroatoms. The van der Waals surface area contributed by atoms with Gasteiger partial charge in [-0.3, -0.25) is 4.99 Å². The van der Waals surface area contributed by atoms with Crippen molar-refractivity contribution in [3.05, 3.63) is 15.6 Å². The first kappa shape index (κ1) is 17.0. The molecular weight excluding hydrogens is 399 g/mol. The van der Waals surface area contributed by atoms with Gasteiger partial charge in [-0.1, -0.05) is 0 Å². The number of nitrogens with one attached hydrogen (secondary N) is 2. The maximum Gasteiger partial charge on any atom is 0.191 e. The van der Waals surface area contributed by atoms with Gasteiger partial charge < -0.3 is 15.4 Å². The van der Waals surface area contributed by atoms with Gasteiger partial charge >= 0.3 is 0 Å². The number of halogens is 1. The van der Waals surface area contributed by atoms with E-state index in [0.29, 0.717) is 18.2 Å². The summed E-state index contributed by atoms with van der Waals surface area (Å²) in [6, 6.07) is 0.407. The van der Waals surface area contributed by atoms with Gasteiger partial charge in [-0.2, -0.15) is 0 Å². The molecule has 21 heavy (non-hydrogen) atoms. The Hall–Kier alpha value is -0.410. The zero-order valence-electron chi connectivity index (χ0n) is 12.7. The van der Waals surface area contributed by atoms with E-state index in [2.05, 4.69) is 27.5 Å². The van der Waals surface area contributed by atoms with Gasteiger partial charge in [0.25, 0.3) is 0 Å². The molecule has 3 rings (SSSR count). The van der Waals surface area contributed by atoms with Crippen molar-refractivity contribution in [2.24, 2.45) is 4.99 Å². The van der Waals surface area contributed by atoms with Crippen molar-refractivity contribution in [3.63, 3.8) is 0 Å². The number of thiazole rings is 1. The van der Waals surface area contributed by atoms with E-state index in [-0.39, 0.29) is 24.0 Å². The molecule has 2 fully saturated rings. The predicted molar refractivity (Wildman–Crippen MR) is 96.6 cm³/mol. The smallest absolute Gasteiger partial charge is 0.191 e. The molecule has 5 nitrogen and oxygen atoms in total. The van der Waals surface area contributed by atoms with Crippen molar-refractivity contribution in [2.75, 3.05) is 7.05 Å². The first-order valence-electron chi connectivity index (χ1n) is 7.21. The molecule has 3 unspecified atom stereocenters. The summed E-state index contributed by atoms with van der Waals surface area (Å²) >= 11 is 1.74. The molecule has 0 amide bonds. The zero-order valence-corrected chi connectivity index (χ0v) is 15.8. The summed E-state index contributed by atoms with van der Waals surface area (Å²) in [5, 5.41) is 7.99. The number of nitrogens with zero attached hydrogens (tertiary/aromatic N) is 2. The van der Waals surface area contributed by atoms with Crippen molar-refractivity contribution >= 4 is 41.3 Å². The summed E-state index contributed by atoms with van der Waals surface area (Å²) in [5.74, 6) is 0.858. The highest BCUT2D eigenvalue weighted by Crippen LogP contribution is 2.34. The number of hydrogen-bond donors (Lipinski definition) is 2. The van der Waals surface area contributed by atoms with Crippen LogP contribution in [0.15, 0.2) is 4.99 Å². The van der Waals surface area contributed by atoms with Gasteiger partial charge in [-0.25, -0.2) is 4.98 Å². The quantitative estimate of drug-likeness (QED) is 0.446. The molecule has 2 aliphatic heterocycles. The van der Waals surface area contributed by atoms with Gasteiger partial charge in [0.2, 0.25) is 0 Å². The molecule has 2 N–H and O–H groups in total. The number of hydrogen-bond acceptors (Lipinski definition) is 4. The van der Waals surface area contributed by atoms with E-state index in [1.807, 2.05) is 14.0 Å². The van der Waals surface area contributed by atoms with E-state index in [0.717, 1.165) is 29.6 Å². The highest BCUT2D eigenvalue weighted by molar-refractivity contribution is 14.0. The molecule has 3 atom stereocenters. The van der Waals surface area contributed by atoms with Crippen molar-refractivity contribution < 1.29 is 4.74 Å². The van der Waals surface area contributed by atoms with E-state index in [1.54, 1.807) is 11.3 Å². The lowest BCUT2D eigenvalue weighted by Gasteiger charge is -2.22. The Balaban J connectivity index is 0.00000161. The van der Waals surface area contributed by atoms with Gasteiger partial charge in [-0.05, 0) is 33.1 Å². The Kier molecular flexibility index (Phi) is 5.84. The molecule has 2 aliphatic rings. The minimum atomic E-state index is 0. The number of fused-ring (bicyclic) bond motifs is 2. The summed E-state index contributed by atoms with van der Waals surface area (Å²) in [6.45, 7) is 4.87. The number of aromatic nitrogens is 1. The topological polar surface area (TPSA) is 58.5 Å². The van der Waals surface area contributed by atoms with E-state index in [1.165, 1.54) is 17.7 Å². The van der Waals surface area contributed by atoms with Crippen LogP contribution in [0.1, 0.15) is 34.8 Å². The van der Waals surface area contributed by atoms with Crippen molar-refractivity contribution in [3.8, 4) is 0 Å². The standard InChI is InChI=1S/C14H22N4OS.HI/c1-8-13(20-9(2)17-8)7-16-14(15-3)18-11-6-10-4-5-12(11)19-10;/h10-12H,4-7H2,1-3H3,(H2,15,16,18);1H. The Morgan fingerprint density at radius 1 is 1.43 bits per heavy atom. The van der Waals surface area contributed by atoms with E-state index >= 15 is 0 Å². The number of aryl methyl sites for hydroxylation is 2. The van der Waals surface area contributed by atoms with Gasteiger partial charge in [0.05, 0.1) is 35.5 Å². The number of rotatable bonds is 3. The summed E-state index contributed by atoms with van der Waals surface area (Å²) in [4.78, 5) is 10.0. The maximum atomic E-state index is 5.86. The lowest BCUT2D eigenvalue weighted by molar-refractivity contribution is 0.0992. The van der Waals surface area contributed by atoms with Gasteiger partial charge in [0.1, 0.15) is 0 Å². The molecule has 0 aromatic carbocycles. The van der Waals surface area contributed by atoms with Crippen molar-refractivity contribution in [1.29, 1.82) is 0 Å². The molecule has 1 aromatic heterocycles. The van der Waals surface area contributed by atoms with Gasteiger partial charge in [-0.15, -0.1) is 35.3 Å². The minimum absolute atomic E-state index is 0. The van der Waals surface area contributed by atoms with Crippen LogP contribution in [0, 0.1) is 13.8 Å². The third-order valence-corrected chi connectivity index (χ3v) is 5.14. The molecule has 2 bridgehead atoms. The van der Waals surface area contributed by atoms with Crippen LogP contribution in [0.3, 0.4) is 0 Å². The normalized spacial score (nSPS) is 27.6. The maximum absolute atomic E-state index is 5.86. The van der Waals surface area contributed by atoms with Crippen LogP contribution in [0.4, 0.5) is 0 Å². The van der Waals surface area contributed by atoms with Crippen LogP contribution < -0.4 is 10.6 Å². The third-order valence-electron chi connectivity index (χ3n) is 4.07. The minimum Gasteiger partial charge on any atom is -0.373 e. The second-order valence-corrected chi connectivity index (χ2v) is 6.82. The number of guanidine groups is 1. The lowest BCUT2D eigenvalue weighted by Crippen LogP contribution is -2.47. The largest absolute Gasteiger partial charge is 0.373 e. The Labute approximate surface area is 147 Å². The monoisotopic (exact) mass is 422 g/mol. The van der Waals surface area contributed by atoms with Crippen LogP contribution in [0.25, 0.3) is 0 Å². The predicted octanol–water partition coefficient (Wildman–Crippen LogP) is 2.36. The van der Waals surface area contributed by atoms with Crippen LogP contribution in [0.5, 0.6) is 0 Å². The van der Waals surface area contributed by atoms with E-state index in [4.69, 9.17) is 4.74 Å². The summed E-state index contributed by atoms with van der Waals surface area (Å²) < 4.78 is 5.86. The van der Waals surface area contributed by atoms with Crippen LogP contribution in [0.2, 0.25) is 0 Å². The Morgan fingerprint density at radius 2 is 2.24 bits per heavy atom. The van der Waals surface area contributed by atoms with E-state index < -0.39 is 0 Å².